The molecule has 218 valence electrons. The third-order valence-electron chi connectivity index (χ3n) is 7.91. The second kappa shape index (κ2) is 14.1. The molecule has 4 rings (SSSR count). The number of hydrogen-bond acceptors (Lipinski definition) is 5. The van der Waals surface area contributed by atoms with Crippen LogP contribution in [-0.4, -0.2) is 40.8 Å². The molecule has 1 fully saturated rings. The topological polar surface area (TPSA) is 156 Å². The van der Waals surface area contributed by atoms with E-state index in [4.69, 9.17) is 11.5 Å². The largest absolute Gasteiger partial charge is 0.366 e. The van der Waals surface area contributed by atoms with Crippen molar-refractivity contribution in [2.45, 2.75) is 58.4 Å². The van der Waals surface area contributed by atoms with Crippen LogP contribution >= 0.6 is 0 Å². The highest BCUT2D eigenvalue weighted by Crippen LogP contribution is 2.29. The van der Waals surface area contributed by atoms with Crippen LogP contribution in [0.2, 0.25) is 0 Å². The van der Waals surface area contributed by atoms with Gasteiger partial charge < -0.3 is 27.1 Å². The smallest absolute Gasteiger partial charge is 0.251 e. The van der Waals surface area contributed by atoms with E-state index in [0.717, 1.165) is 48.9 Å². The molecule has 41 heavy (non-hydrogen) atoms. The van der Waals surface area contributed by atoms with Crippen LogP contribution in [0.25, 0.3) is 11.3 Å². The Labute approximate surface area is 241 Å². The van der Waals surface area contributed by atoms with E-state index in [2.05, 4.69) is 34.4 Å². The number of aromatic amines is 1. The predicted octanol–water partition coefficient (Wildman–Crippen LogP) is 4.12. The number of aromatic nitrogens is 2. The molecule has 3 aromatic rings. The molecule has 1 atom stereocenters. The molecule has 1 aliphatic carbocycles. The van der Waals surface area contributed by atoms with Crippen molar-refractivity contribution in [1.29, 1.82) is 0 Å². The van der Waals surface area contributed by atoms with Crippen LogP contribution in [0, 0.1) is 17.8 Å². The summed E-state index contributed by atoms with van der Waals surface area (Å²) in [7, 11) is 0. The summed E-state index contributed by atoms with van der Waals surface area (Å²) in [5.41, 5.74) is 14.8. The van der Waals surface area contributed by atoms with Crippen molar-refractivity contribution in [3.63, 3.8) is 0 Å². The lowest BCUT2D eigenvalue weighted by Gasteiger charge is -2.28. The van der Waals surface area contributed by atoms with E-state index in [1.54, 1.807) is 24.4 Å². The standard InChI is InChI=1S/C32H42N6O3/c1-20(2)14-15-35-31(40)26-5-3-4-22(16-26)17-27(38-32(41)25-8-6-21(18-33)7-9-25)30-36-19-28(37-30)23-10-12-24(13-11-23)29(34)39/h3-5,10-13,16,19-21,25,27H,6-9,14-15,17-18,33H2,1-2H3,(H2,34,39)(H,35,40)(H,36,37)(H,38,41). The molecule has 9 nitrogen and oxygen atoms in total. The van der Waals surface area contributed by atoms with Crippen LogP contribution in [0.4, 0.5) is 0 Å². The van der Waals surface area contributed by atoms with Gasteiger partial charge in [-0.05, 0) is 92.3 Å². The summed E-state index contributed by atoms with van der Waals surface area (Å²) in [4.78, 5) is 45.6. The first-order chi connectivity index (χ1) is 19.7. The molecule has 3 amide bonds. The molecule has 0 spiro atoms. The second-order valence-corrected chi connectivity index (χ2v) is 11.5. The number of carbonyl (C=O) groups excluding carboxylic acids is 3. The Bertz CT molecular complexity index is 1330. The average Bonchev–Trinajstić information content (AvgIpc) is 3.47. The van der Waals surface area contributed by atoms with Gasteiger partial charge >= 0.3 is 0 Å². The van der Waals surface area contributed by atoms with Crippen LogP contribution in [0.3, 0.4) is 0 Å². The molecular weight excluding hydrogens is 516 g/mol. The van der Waals surface area contributed by atoms with Gasteiger partial charge in [0.05, 0.1) is 17.9 Å². The fourth-order valence-corrected chi connectivity index (χ4v) is 5.29. The lowest BCUT2D eigenvalue weighted by molar-refractivity contribution is -0.127. The molecule has 7 N–H and O–H groups in total. The summed E-state index contributed by atoms with van der Waals surface area (Å²) < 4.78 is 0. The van der Waals surface area contributed by atoms with E-state index in [9.17, 15) is 14.4 Å². The van der Waals surface area contributed by atoms with E-state index in [-0.39, 0.29) is 17.7 Å². The molecule has 0 radical (unpaired) electrons. The first-order valence-electron chi connectivity index (χ1n) is 14.6. The van der Waals surface area contributed by atoms with Crippen molar-refractivity contribution >= 4 is 17.7 Å². The van der Waals surface area contributed by atoms with Crippen molar-refractivity contribution < 1.29 is 14.4 Å². The highest BCUT2D eigenvalue weighted by molar-refractivity contribution is 5.94. The molecule has 1 aliphatic rings. The number of imidazole rings is 1. The molecule has 0 bridgehead atoms. The van der Waals surface area contributed by atoms with Gasteiger partial charge in [0.15, 0.2) is 0 Å². The third kappa shape index (κ3) is 8.27. The van der Waals surface area contributed by atoms with E-state index in [1.165, 1.54) is 0 Å². The number of nitrogens with two attached hydrogens (primary N) is 2. The van der Waals surface area contributed by atoms with Gasteiger partial charge in [0.25, 0.3) is 5.91 Å². The lowest BCUT2D eigenvalue weighted by atomic mass is 9.81. The number of carbonyl (C=O) groups is 3. The van der Waals surface area contributed by atoms with Gasteiger partial charge in [-0.1, -0.05) is 38.1 Å². The van der Waals surface area contributed by atoms with Crippen molar-refractivity contribution in [2.24, 2.45) is 29.2 Å². The van der Waals surface area contributed by atoms with E-state index in [1.807, 2.05) is 30.3 Å². The minimum Gasteiger partial charge on any atom is -0.366 e. The van der Waals surface area contributed by atoms with Gasteiger partial charge in [0.1, 0.15) is 5.82 Å². The van der Waals surface area contributed by atoms with E-state index < -0.39 is 11.9 Å². The Hall–Kier alpha value is -3.98. The molecule has 1 saturated carbocycles. The number of nitrogens with one attached hydrogen (secondary N) is 3. The van der Waals surface area contributed by atoms with Crippen molar-refractivity contribution in [3.8, 4) is 11.3 Å². The molecule has 1 unspecified atom stereocenters. The van der Waals surface area contributed by atoms with Crippen molar-refractivity contribution in [1.82, 2.24) is 20.6 Å². The number of primary amides is 1. The van der Waals surface area contributed by atoms with E-state index >= 15 is 0 Å². The zero-order valence-corrected chi connectivity index (χ0v) is 24.0. The van der Waals surface area contributed by atoms with Gasteiger partial charge in [0.2, 0.25) is 11.8 Å². The summed E-state index contributed by atoms with van der Waals surface area (Å²) in [6.07, 6.45) is 6.66. The molecule has 0 saturated heterocycles. The monoisotopic (exact) mass is 558 g/mol. The molecular formula is C32H42N6O3. The highest BCUT2D eigenvalue weighted by Gasteiger charge is 2.28. The fourth-order valence-electron chi connectivity index (χ4n) is 5.29. The summed E-state index contributed by atoms with van der Waals surface area (Å²) in [5, 5.41) is 6.24. The fraction of sp³-hybridized carbons (Fsp3) is 0.438. The highest BCUT2D eigenvalue weighted by atomic mass is 16.2. The summed E-state index contributed by atoms with van der Waals surface area (Å²) in [6.45, 7) is 5.54. The number of benzene rings is 2. The normalized spacial score (nSPS) is 17.7. The summed E-state index contributed by atoms with van der Waals surface area (Å²) in [6, 6.07) is 14.1. The van der Waals surface area contributed by atoms with Gasteiger partial charge in [-0.25, -0.2) is 4.98 Å². The van der Waals surface area contributed by atoms with Crippen LogP contribution in [0.15, 0.2) is 54.7 Å². The van der Waals surface area contributed by atoms with Gasteiger partial charge in [-0.3, -0.25) is 14.4 Å². The zero-order valence-electron chi connectivity index (χ0n) is 24.0. The molecule has 1 aromatic heterocycles. The number of H-pyrrole nitrogens is 1. The first kappa shape index (κ1) is 30.0. The average molecular weight is 559 g/mol. The number of hydrogen-bond donors (Lipinski definition) is 5. The quantitative estimate of drug-likeness (QED) is 0.226. The maximum Gasteiger partial charge on any atom is 0.251 e. The Kier molecular flexibility index (Phi) is 10.3. The Morgan fingerprint density at radius 3 is 2.41 bits per heavy atom. The van der Waals surface area contributed by atoms with Crippen LogP contribution in [-0.2, 0) is 11.2 Å². The summed E-state index contributed by atoms with van der Waals surface area (Å²) in [5.74, 6) is 0.972. The van der Waals surface area contributed by atoms with Gasteiger partial charge in [0, 0.05) is 23.6 Å². The SMILES string of the molecule is CC(C)CCNC(=O)c1cccc(CC(NC(=O)C2CCC(CN)CC2)c2ncc(-c3ccc(C(N)=O)cc3)[nH]2)c1. The molecule has 2 aromatic carbocycles. The van der Waals surface area contributed by atoms with Gasteiger partial charge in [-0.2, -0.15) is 0 Å². The minimum absolute atomic E-state index is 0.0109. The number of amides is 3. The number of nitrogens with zero attached hydrogens (tertiary/aromatic N) is 1. The van der Waals surface area contributed by atoms with E-state index in [0.29, 0.717) is 48.3 Å². The Morgan fingerprint density at radius 1 is 1.02 bits per heavy atom. The van der Waals surface area contributed by atoms with Gasteiger partial charge in [-0.15, -0.1) is 0 Å². The maximum absolute atomic E-state index is 13.4. The summed E-state index contributed by atoms with van der Waals surface area (Å²) >= 11 is 0. The lowest BCUT2D eigenvalue weighted by Crippen LogP contribution is -2.37. The van der Waals surface area contributed by atoms with Crippen molar-refractivity contribution in [2.75, 3.05) is 13.1 Å². The minimum atomic E-state index is -0.485. The number of rotatable bonds is 12. The Morgan fingerprint density at radius 2 is 1.76 bits per heavy atom. The van der Waals surface area contributed by atoms with Crippen LogP contribution in [0.1, 0.15) is 84.1 Å². The molecule has 9 heteroatoms. The predicted molar refractivity (Wildman–Crippen MR) is 160 cm³/mol. The molecule has 0 aliphatic heterocycles. The van der Waals surface area contributed by atoms with Crippen molar-refractivity contribution in [3.05, 3.63) is 77.2 Å². The maximum atomic E-state index is 13.4. The second-order valence-electron chi connectivity index (χ2n) is 11.5. The third-order valence-corrected chi connectivity index (χ3v) is 7.91. The first-order valence-corrected chi connectivity index (χ1v) is 14.6. The van der Waals surface area contributed by atoms with Crippen LogP contribution < -0.4 is 22.1 Å². The molecule has 1 heterocycles. The Balaban J connectivity index is 1.53. The zero-order chi connectivity index (χ0) is 29.4. The van der Waals surface area contributed by atoms with Crippen LogP contribution in [0.5, 0.6) is 0 Å².